The number of halogens is 2. The second-order valence-corrected chi connectivity index (χ2v) is 6.88. The van der Waals surface area contributed by atoms with Gasteiger partial charge in [0.05, 0.1) is 30.5 Å². The molecule has 0 unspecified atom stereocenters. The van der Waals surface area contributed by atoms with Crippen LogP contribution in [0, 0.1) is 0 Å². The van der Waals surface area contributed by atoms with Gasteiger partial charge in [-0.1, -0.05) is 28.1 Å². The number of ether oxygens (including phenoxy) is 3. The van der Waals surface area contributed by atoms with Gasteiger partial charge in [0.25, 0.3) is 5.91 Å². The number of methoxy groups -OCH3 is 2. The first-order chi connectivity index (χ1) is 12.9. The zero-order valence-electron chi connectivity index (χ0n) is 14.5. The maximum absolute atomic E-state index is 11.9. The summed E-state index contributed by atoms with van der Waals surface area (Å²) in [4.78, 5) is 23.3. The molecule has 142 valence electrons. The lowest BCUT2D eigenvalue weighted by atomic mass is 10.1. The summed E-state index contributed by atoms with van der Waals surface area (Å²) in [6.45, 7) is -0.241. The smallest absolute Gasteiger partial charge is 0.337 e. The minimum atomic E-state index is -0.436. The molecule has 0 aliphatic heterocycles. The molecule has 0 radical (unpaired) electrons. The van der Waals surface area contributed by atoms with Crippen LogP contribution in [0.5, 0.6) is 11.5 Å². The van der Waals surface area contributed by atoms with Gasteiger partial charge in [-0.15, -0.1) is 0 Å². The Hall–Kier alpha value is -2.39. The van der Waals surface area contributed by atoms with E-state index in [1.165, 1.54) is 20.4 Å². The Balaban J connectivity index is 1.90. The molecule has 0 saturated carbocycles. The lowest BCUT2D eigenvalue weighted by molar-refractivity contribution is -0.123. The van der Waals surface area contributed by atoms with E-state index >= 15 is 0 Å². The molecule has 0 spiro atoms. The molecule has 0 fully saturated rings. The number of nitrogens with one attached hydrogen (secondary N) is 1. The molecule has 7 nitrogen and oxygen atoms in total. The van der Waals surface area contributed by atoms with Crippen molar-refractivity contribution in [2.24, 2.45) is 5.10 Å². The summed E-state index contributed by atoms with van der Waals surface area (Å²) < 4.78 is 16.8. The van der Waals surface area contributed by atoms with Crippen LogP contribution in [0.2, 0.25) is 0 Å². The van der Waals surface area contributed by atoms with Gasteiger partial charge in [-0.2, -0.15) is 5.10 Å². The van der Waals surface area contributed by atoms with E-state index in [0.29, 0.717) is 27.1 Å². The van der Waals surface area contributed by atoms with Crippen molar-refractivity contribution < 1.29 is 23.8 Å². The van der Waals surface area contributed by atoms with E-state index in [2.05, 4.69) is 47.1 Å². The number of hydrogen-bond acceptors (Lipinski definition) is 6. The van der Waals surface area contributed by atoms with Gasteiger partial charge in [-0.05, 0) is 45.8 Å². The van der Waals surface area contributed by atoms with Crippen molar-refractivity contribution in [2.45, 2.75) is 0 Å². The highest BCUT2D eigenvalue weighted by Gasteiger charge is 2.12. The van der Waals surface area contributed by atoms with E-state index in [4.69, 9.17) is 9.47 Å². The Morgan fingerprint density at radius 2 is 1.85 bits per heavy atom. The summed E-state index contributed by atoms with van der Waals surface area (Å²) in [6, 6.07) is 10.1. The van der Waals surface area contributed by atoms with Crippen molar-refractivity contribution in [1.29, 1.82) is 0 Å². The Morgan fingerprint density at radius 3 is 2.48 bits per heavy atom. The molecule has 2 aromatic carbocycles. The molecule has 0 aliphatic rings. The fraction of sp³-hybridized carbons (Fsp3) is 0.167. The Morgan fingerprint density at radius 1 is 1.15 bits per heavy atom. The summed E-state index contributed by atoms with van der Waals surface area (Å²) in [5.74, 6) is 0.0456. The summed E-state index contributed by atoms with van der Waals surface area (Å²) in [5, 5.41) is 3.86. The van der Waals surface area contributed by atoms with Crippen molar-refractivity contribution in [3.05, 3.63) is 56.5 Å². The van der Waals surface area contributed by atoms with Gasteiger partial charge in [0.15, 0.2) is 18.1 Å². The zero-order chi connectivity index (χ0) is 19.8. The fourth-order valence-electron chi connectivity index (χ4n) is 2.00. The predicted molar refractivity (Wildman–Crippen MR) is 107 cm³/mol. The van der Waals surface area contributed by atoms with E-state index in [-0.39, 0.29) is 6.61 Å². The summed E-state index contributed by atoms with van der Waals surface area (Å²) in [7, 11) is 2.83. The molecular formula is C18H16Br2N2O5. The number of carbonyl (C=O) groups is 2. The van der Waals surface area contributed by atoms with E-state index < -0.39 is 11.9 Å². The lowest BCUT2D eigenvalue weighted by Crippen LogP contribution is -2.24. The van der Waals surface area contributed by atoms with Gasteiger partial charge in [-0.25, -0.2) is 10.2 Å². The van der Waals surface area contributed by atoms with Crippen LogP contribution in [0.25, 0.3) is 0 Å². The second kappa shape index (κ2) is 10.1. The molecule has 2 rings (SSSR count). The van der Waals surface area contributed by atoms with Crippen molar-refractivity contribution >= 4 is 50.0 Å². The van der Waals surface area contributed by atoms with Gasteiger partial charge in [-0.3, -0.25) is 4.79 Å². The molecular weight excluding hydrogens is 484 g/mol. The standard InChI is InChI=1S/C18H16Br2N2O5/c1-25-15-8-13(19)7-14(20)17(15)27-10-16(23)22-21-9-11-3-5-12(6-4-11)18(24)26-2/h3-9H,10H2,1-2H3,(H,22,23)/b21-9+. The van der Waals surface area contributed by atoms with E-state index in [9.17, 15) is 9.59 Å². The number of hydrazone groups is 1. The van der Waals surface area contributed by atoms with Crippen LogP contribution in [-0.4, -0.2) is 38.9 Å². The van der Waals surface area contributed by atoms with Gasteiger partial charge in [0.1, 0.15) is 0 Å². The van der Waals surface area contributed by atoms with Crippen LogP contribution in [0.15, 0.2) is 50.4 Å². The monoisotopic (exact) mass is 498 g/mol. The Kier molecular flexibility index (Phi) is 7.81. The molecule has 2 aromatic rings. The van der Waals surface area contributed by atoms with Crippen LogP contribution < -0.4 is 14.9 Å². The summed E-state index contributed by atoms with van der Waals surface area (Å²) >= 11 is 6.72. The Bertz CT molecular complexity index is 854. The average Bonchev–Trinajstić information content (AvgIpc) is 2.66. The summed E-state index contributed by atoms with van der Waals surface area (Å²) in [5.41, 5.74) is 3.51. The van der Waals surface area contributed by atoms with Gasteiger partial charge in [0, 0.05) is 4.47 Å². The van der Waals surface area contributed by atoms with E-state index in [1.807, 2.05) is 0 Å². The molecule has 27 heavy (non-hydrogen) atoms. The minimum Gasteiger partial charge on any atom is -0.493 e. The van der Waals surface area contributed by atoms with Crippen LogP contribution in [0.4, 0.5) is 0 Å². The first-order valence-electron chi connectivity index (χ1n) is 7.60. The first-order valence-corrected chi connectivity index (χ1v) is 9.19. The maximum Gasteiger partial charge on any atom is 0.337 e. The van der Waals surface area contributed by atoms with E-state index in [1.54, 1.807) is 36.4 Å². The largest absolute Gasteiger partial charge is 0.493 e. The van der Waals surface area contributed by atoms with Crippen molar-refractivity contribution in [3.8, 4) is 11.5 Å². The lowest BCUT2D eigenvalue weighted by Gasteiger charge is -2.12. The Labute approximate surface area is 172 Å². The highest BCUT2D eigenvalue weighted by atomic mass is 79.9. The van der Waals surface area contributed by atoms with E-state index in [0.717, 1.165) is 4.47 Å². The van der Waals surface area contributed by atoms with Crippen molar-refractivity contribution in [2.75, 3.05) is 20.8 Å². The minimum absolute atomic E-state index is 0.241. The summed E-state index contributed by atoms with van der Waals surface area (Å²) in [6.07, 6.45) is 1.45. The normalized spacial score (nSPS) is 10.5. The molecule has 0 aliphatic carbocycles. The van der Waals surface area contributed by atoms with Crippen LogP contribution in [-0.2, 0) is 9.53 Å². The molecule has 0 saturated heterocycles. The molecule has 0 aromatic heterocycles. The molecule has 1 amide bonds. The highest BCUT2D eigenvalue weighted by Crippen LogP contribution is 2.38. The molecule has 0 heterocycles. The van der Waals surface area contributed by atoms with Crippen LogP contribution in [0.3, 0.4) is 0 Å². The number of hydrogen-bond donors (Lipinski definition) is 1. The predicted octanol–water partition coefficient (Wildman–Crippen LogP) is 3.54. The molecule has 0 bridgehead atoms. The third kappa shape index (κ3) is 6.07. The molecule has 9 heteroatoms. The van der Waals surface area contributed by atoms with Crippen LogP contribution >= 0.6 is 31.9 Å². The highest BCUT2D eigenvalue weighted by molar-refractivity contribution is 9.11. The second-order valence-electron chi connectivity index (χ2n) is 5.11. The fourth-order valence-corrected chi connectivity index (χ4v) is 3.30. The molecule has 0 atom stereocenters. The number of nitrogens with zero attached hydrogens (tertiary/aromatic N) is 1. The SMILES string of the molecule is COC(=O)c1ccc(/C=N/NC(=O)COc2c(Br)cc(Br)cc2OC)cc1. The zero-order valence-corrected chi connectivity index (χ0v) is 17.7. The third-order valence-corrected chi connectivity index (χ3v) is 4.32. The van der Waals surface area contributed by atoms with Gasteiger partial charge in [0.2, 0.25) is 0 Å². The topological polar surface area (TPSA) is 86.2 Å². The number of esters is 1. The van der Waals surface area contributed by atoms with Crippen molar-refractivity contribution in [3.63, 3.8) is 0 Å². The number of rotatable bonds is 7. The number of amides is 1. The number of carbonyl (C=O) groups excluding carboxylic acids is 2. The maximum atomic E-state index is 11.9. The van der Waals surface area contributed by atoms with Crippen LogP contribution in [0.1, 0.15) is 15.9 Å². The van der Waals surface area contributed by atoms with Gasteiger partial charge >= 0.3 is 5.97 Å². The average molecular weight is 500 g/mol. The third-order valence-electron chi connectivity index (χ3n) is 3.28. The van der Waals surface area contributed by atoms with Gasteiger partial charge < -0.3 is 14.2 Å². The van der Waals surface area contributed by atoms with Crippen molar-refractivity contribution in [1.82, 2.24) is 5.43 Å². The first kappa shape index (κ1) is 20.9. The molecule has 1 N–H and O–H groups in total. The number of benzene rings is 2. The quantitative estimate of drug-likeness (QED) is 0.357.